The van der Waals surface area contributed by atoms with Crippen LogP contribution in [0.25, 0.3) is 0 Å². The van der Waals surface area contributed by atoms with Crippen molar-refractivity contribution in [3.63, 3.8) is 0 Å². The van der Waals surface area contributed by atoms with E-state index in [0.717, 1.165) is 11.3 Å². The summed E-state index contributed by atoms with van der Waals surface area (Å²) in [6.07, 6.45) is 0.602. The number of para-hydroxylation sites is 1. The van der Waals surface area contributed by atoms with Crippen molar-refractivity contribution >= 4 is 29.1 Å². The molecule has 0 heterocycles. The number of hydrogen-bond donors (Lipinski definition) is 2. The zero-order valence-electron chi connectivity index (χ0n) is 12.5. The Kier molecular flexibility index (Phi) is 4.63. The van der Waals surface area contributed by atoms with Gasteiger partial charge in [0.25, 0.3) is 0 Å². The molecule has 0 aromatic heterocycles. The van der Waals surface area contributed by atoms with Crippen LogP contribution in [-0.4, -0.2) is 11.8 Å². The minimum atomic E-state index is -0.236. The predicted molar refractivity (Wildman–Crippen MR) is 90.0 cm³/mol. The van der Waals surface area contributed by atoms with Gasteiger partial charge in [-0.1, -0.05) is 41.9 Å². The van der Waals surface area contributed by atoms with Crippen molar-refractivity contribution in [2.75, 3.05) is 5.32 Å². The Morgan fingerprint density at radius 2 is 1.61 bits per heavy atom. The SMILES string of the molecule is O=C(NCc1ccc(Cl)cc1)C1CC1C(=O)Nc1ccccc1. The van der Waals surface area contributed by atoms with Gasteiger partial charge in [-0.2, -0.15) is 0 Å². The lowest BCUT2D eigenvalue weighted by Crippen LogP contribution is -2.27. The van der Waals surface area contributed by atoms with Crippen LogP contribution in [0.2, 0.25) is 5.02 Å². The van der Waals surface area contributed by atoms with Crippen LogP contribution in [0, 0.1) is 11.8 Å². The minimum Gasteiger partial charge on any atom is -0.352 e. The molecule has 1 aliphatic rings. The van der Waals surface area contributed by atoms with Crippen LogP contribution >= 0.6 is 11.6 Å². The molecule has 3 rings (SSSR count). The molecular weight excluding hydrogens is 312 g/mol. The number of benzene rings is 2. The van der Waals surface area contributed by atoms with Crippen LogP contribution in [0.4, 0.5) is 5.69 Å². The van der Waals surface area contributed by atoms with Crippen molar-refractivity contribution in [3.8, 4) is 0 Å². The third kappa shape index (κ3) is 4.11. The van der Waals surface area contributed by atoms with Crippen LogP contribution in [0.15, 0.2) is 54.6 Å². The van der Waals surface area contributed by atoms with Gasteiger partial charge in [0, 0.05) is 17.3 Å². The maximum absolute atomic E-state index is 12.1. The molecule has 5 heteroatoms. The van der Waals surface area contributed by atoms with Crippen LogP contribution in [0.5, 0.6) is 0 Å². The van der Waals surface area contributed by atoms with E-state index in [1.54, 1.807) is 12.1 Å². The van der Waals surface area contributed by atoms with Gasteiger partial charge in [0.15, 0.2) is 0 Å². The first-order valence-electron chi connectivity index (χ1n) is 7.51. The first-order valence-corrected chi connectivity index (χ1v) is 7.89. The zero-order valence-corrected chi connectivity index (χ0v) is 13.2. The molecule has 2 amide bonds. The van der Waals surface area contributed by atoms with Gasteiger partial charge in [0.2, 0.25) is 11.8 Å². The monoisotopic (exact) mass is 328 g/mol. The van der Waals surface area contributed by atoms with E-state index in [9.17, 15) is 9.59 Å². The minimum absolute atomic E-state index is 0.0758. The first-order chi connectivity index (χ1) is 11.1. The van der Waals surface area contributed by atoms with Crippen molar-refractivity contribution in [1.82, 2.24) is 5.32 Å². The number of rotatable bonds is 5. The zero-order chi connectivity index (χ0) is 16.2. The fraction of sp³-hybridized carbons (Fsp3) is 0.222. The number of hydrogen-bond acceptors (Lipinski definition) is 2. The lowest BCUT2D eigenvalue weighted by Gasteiger charge is -2.06. The smallest absolute Gasteiger partial charge is 0.228 e. The molecule has 2 aromatic carbocycles. The molecule has 23 heavy (non-hydrogen) atoms. The predicted octanol–water partition coefficient (Wildman–Crippen LogP) is 3.23. The van der Waals surface area contributed by atoms with Crippen molar-refractivity contribution in [2.24, 2.45) is 11.8 Å². The molecule has 2 N–H and O–H groups in total. The second-order valence-corrected chi connectivity index (χ2v) is 6.08. The van der Waals surface area contributed by atoms with E-state index < -0.39 is 0 Å². The second-order valence-electron chi connectivity index (χ2n) is 5.65. The molecular formula is C18H17ClN2O2. The second kappa shape index (κ2) is 6.84. The summed E-state index contributed by atoms with van der Waals surface area (Å²) in [6, 6.07) is 16.6. The summed E-state index contributed by atoms with van der Waals surface area (Å²) in [5, 5.41) is 6.37. The fourth-order valence-electron chi connectivity index (χ4n) is 2.45. The highest BCUT2D eigenvalue weighted by Gasteiger charge is 2.47. The third-order valence-corrected chi connectivity index (χ3v) is 4.14. The van der Waals surface area contributed by atoms with Gasteiger partial charge >= 0.3 is 0 Å². The van der Waals surface area contributed by atoms with Crippen LogP contribution < -0.4 is 10.6 Å². The average molecular weight is 329 g/mol. The first kappa shape index (κ1) is 15.6. The Morgan fingerprint density at radius 1 is 0.957 bits per heavy atom. The Balaban J connectivity index is 1.47. The van der Waals surface area contributed by atoms with Gasteiger partial charge in [-0.15, -0.1) is 0 Å². The van der Waals surface area contributed by atoms with Crippen LogP contribution in [0.1, 0.15) is 12.0 Å². The van der Waals surface area contributed by atoms with Crippen molar-refractivity contribution in [2.45, 2.75) is 13.0 Å². The summed E-state index contributed by atoms with van der Waals surface area (Å²) in [5.41, 5.74) is 1.73. The number of carbonyl (C=O) groups excluding carboxylic acids is 2. The van der Waals surface area contributed by atoms with E-state index in [2.05, 4.69) is 10.6 Å². The highest BCUT2D eigenvalue weighted by atomic mass is 35.5. The van der Waals surface area contributed by atoms with Crippen molar-refractivity contribution in [3.05, 3.63) is 65.2 Å². The lowest BCUT2D eigenvalue weighted by molar-refractivity contribution is -0.125. The Bertz CT molecular complexity index is 701. The van der Waals surface area contributed by atoms with Crippen molar-refractivity contribution < 1.29 is 9.59 Å². The normalized spacial score (nSPS) is 19.0. The summed E-state index contributed by atoms with van der Waals surface area (Å²) in [7, 11) is 0. The van der Waals surface area contributed by atoms with E-state index in [1.807, 2.05) is 42.5 Å². The Labute approximate surface area is 139 Å². The van der Waals surface area contributed by atoms with E-state index in [-0.39, 0.29) is 23.7 Å². The quantitative estimate of drug-likeness (QED) is 0.885. The number of nitrogens with one attached hydrogen (secondary N) is 2. The van der Waals surface area contributed by atoms with E-state index in [0.29, 0.717) is 18.0 Å². The maximum atomic E-state index is 12.1. The maximum Gasteiger partial charge on any atom is 0.228 e. The largest absolute Gasteiger partial charge is 0.352 e. The van der Waals surface area contributed by atoms with E-state index >= 15 is 0 Å². The van der Waals surface area contributed by atoms with E-state index in [1.165, 1.54) is 0 Å². The lowest BCUT2D eigenvalue weighted by atomic mass is 10.2. The molecule has 1 saturated carbocycles. The summed E-state index contributed by atoms with van der Waals surface area (Å²) in [6.45, 7) is 0.444. The van der Waals surface area contributed by atoms with Crippen LogP contribution in [-0.2, 0) is 16.1 Å². The van der Waals surface area contributed by atoms with Gasteiger partial charge in [0.1, 0.15) is 0 Å². The Hall–Kier alpha value is -2.33. The molecule has 0 saturated heterocycles. The third-order valence-electron chi connectivity index (χ3n) is 3.89. The van der Waals surface area contributed by atoms with Gasteiger partial charge in [-0.3, -0.25) is 9.59 Å². The summed E-state index contributed by atoms with van der Waals surface area (Å²) in [5.74, 6) is -0.637. The molecule has 2 unspecified atom stereocenters. The fourth-order valence-corrected chi connectivity index (χ4v) is 2.58. The van der Waals surface area contributed by atoms with Crippen LogP contribution in [0.3, 0.4) is 0 Å². The van der Waals surface area contributed by atoms with Crippen molar-refractivity contribution in [1.29, 1.82) is 0 Å². The number of anilines is 1. The average Bonchev–Trinajstić information content (AvgIpc) is 3.36. The highest BCUT2D eigenvalue weighted by molar-refractivity contribution is 6.30. The molecule has 0 aliphatic heterocycles. The van der Waals surface area contributed by atoms with E-state index in [4.69, 9.17) is 11.6 Å². The Morgan fingerprint density at radius 3 is 2.30 bits per heavy atom. The molecule has 2 aromatic rings. The molecule has 1 aliphatic carbocycles. The number of carbonyl (C=O) groups is 2. The molecule has 4 nitrogen and oxygen atoms in total. The molecule has 118 valence electrons. The van der Waals surface area contributed by atoms with Gasteiger partial charge in [-0.25, -0.2) is 0 Å². The number of halogens is 1. The molecule has 0 radical (unpaired) electrons. The molecule has 1 fully saturated rings. The van der Waals surface area contributed by atoms with Gasteiger partial charge in [0.05, 0.1) is 11.8 Å². The summed E-state index contributed by atoms with van der Waals surface area (Å²) >= 11 is 5.82. The standard InChI is InChI=1S/C18H17ClN2O2/c19-13-8-6-12(7-9-13)11-20-17(22)15-10-16(15)18(23)21-14-4-2-1-3-5-14/h1-9,15-16H,10-11H2,(H,20,22)(H,21,23). The van der Waals surface area contributed by atoms with Gasteiger partial charge < -0.3 is 10.6 Å². The highest BCUT2D eigenvalue weighted by Crippen LogP contribution is 2.39. The topological polar surface area (TPSA) is 58.2 Å². The summed E-state index contributed by atoms with van der Waals surface area (Å²) in [4.78, 5) is 24.2. The summed E-state index contributed by atoms with van der Waals surface area (Å²) < 4.78 is 0. The molecule has 0 bridgehead atoms. The molecule has 2 atom stereocenters. The number of amides is 2. The molecule has 0 spiro atoms. The van der Waals surface area contributed by atoms with Gasteiger partial charge in [-0.05, 0) is 36.2 Å².